The first-order chi connectivity index (χ1) is 8.68. The van der Waals surface area contributed by atoms with Crippen molar-refractivity contribution in [1.82, 2.24) is 0 Å². The van der Waals surface area contributed by atoms with Crippen molar-refractivity contribution in [3.8, 4) is 0 Å². The van der Waals surface area contributed by atoms with Crippen molar-refractivity contribution in [2.75, 3.05) is 6.61 Å². The van der Waals surface area contributed by atoms with Crippen LogP contribution in [0.1, 0.15) is 27.7 Å². The molecule has 1 heterocycles. The van der Waals surface area contributed by atoms with Crippen molar-refractivity contribution >= 4 is 17.5 Å². The van der Waals surface area contributed by atoms with Crippen LogP contribution >= 0.6 is 0 Å². The zero-order valence-corrected chi connectivity index (χ0v) is 11.6. The Labute approximate surface area is 111 Å². The van der Waals surface area contributed by atoms with Crippen LogP contribution in [0.5, 0.6) is 0 Å². The van der Waals surface area contributed by atoms with Gasteiger partial charge in [0.15, 0.2) is 6.10 Å². The van der Waals surface area contributed by atoms with E-state index in [1.807, 2.05) is 27.7 Å². The number of esters is 1. The van der Waals surface area contributed by atoms with Gasteiger partial charge in [-0.1, -0.05) is 27.7 Å². The average Bonchev–Trinajstić information content (AvgIpc) is 2.62. The highest BCUT2D eigenvalue weighted by atomic mass is 16.6. The molecule has 0 aromatic heterocycles. The van der Waals surface area contributed by atoms with E-state index >= 15 is 0 Å². The molecule has 1 aliphatic heterocycles. The lowest BCUT2D eigenvalue weighted by molar-refractivity contribution is -0.158. The molecule has 0 aromatic carbocycles. The highest BCUT2D eigenvalue weighted by molar-refractivity contribution is 6.43. The number of hydrogen-bond donors (Lipinski definition) is 0. The summed E-state index contributed by atoms with van der Waals surface area (Å²) in [6, 6.07) is 0. The molecule has 3 fully saturated rings. The number of Topliss-reactive ketones (excluding diaryl/α,β-unsaturated/α-hetero) is 2. The lowest BCUT2D eigenvalue weighted by Crippen LogP contribution is -2.41. The minimum Gasteiger partial charge on any atom is -0.463 e. The minimum absolute atomic E-state index is 0.0864. The Morgan fingerprint density at radius 1 is 1.11 bits per heavy atom. The number of ether oxygens (including phenoxy) is 2. The van der Waals surface area contributed by atoms with E-state index in [2.05, 4.69) is 0 Å². The van der Waals surface area contributed by atoms with Crippen molar-refractivity contribution < 1.29 is 23.9 Å². The molecule has 0 unspecified atom stereocenters. The first kappa shape index (κ1) is 12.8. The van der Waals surface area contributed by atoms with Crippen LogP contribution < -0.4 is 0 Å². The number of carbonyl (C=O) groups is 3. The van der Waals surface area contributed by atoms with Gasteiger partial charge in [-0.3, -0.25) is 9.59 Å². The third kappa shape index (κ3) is 1.54. The molecule has 0 amide bonds. The summed E-state index contributed by atoms with van der Waals surface area (Å²) in [7, 11) is 0. The topological polar surface area (TPSA) is 69.7 Å². The fourth-order valence-electron chi connectivity index (χ4n) is 3.46. The van der Waals surface area contributed by atoms with Gasteiger partial charge in [0.25, 0.3) is 0 Å². The van der Waals surface area contributed by atoms with Gasteiger partial charge >= 0.3 is 5.97 Å². The molecule has 2 saturated carbocycles. The lowest BCUT2D eigenvalue weighted by Gasteiger charge is -2.26. The number of fused-ring (bicyclic) bond motifs is 1. The summed E-state index contributed by atoms with van der Waals surface area (Å²) < 4.78 is 10.7. The predicted molar refractivity (Wildman–Crippen MR) is 64.2 cm³/mol. The van der Waals surface area contributed by atoms with Crippen molar-refractivity contribution in [3.05, 3.63) is 0 Å². The summed E-state index contributed by atoms with van der Waals surface area (Å²) in [5, 5.41) is 0. The monoisotopic (exact) mass is 266 g/mol. The van der Waals surface area contributed by atoms with Crippen LogP contribution in [-0.4, -0.2) is 36.4 Å². The normalized spacial score (nSPS) is 42.2. The molecule has 104 valence electrons. The molecule has 4 atom stereocenters. The van der Waals surface area contributed by atoms with Gasteiger partial charge in [0.1, 0.15) is 6.10 Å². The number of cyclic esters (lactones) is 1. The van der Waals surface area contributed by atoms with Crippen molar-refractivity contribution in [2.24, 2.45) is 22.7 Å². The molecule has 0 radical (unpaired) electrons. The van der Waals surface area contributed by atoms with Crippen LogP contribution in [0.2, 0.25) is 0 Å². The second-order valence-corrected chi connectivity index (χ2v) is 7.09. The summed E-state index contributed by atoms with van der Waals surface area (Å²) in [6.07, 6.45) is -1.54. The first-order valence-electron chi connectivity index (χ1n) is 6.58. The molecule has 0 N–H and O–H groups in total. The molecule has 3 rings (SSSR count). The van der Waals surface area contributed by atoms with Gasteiger partial charge in [0.2, 0.25) is 11.6 Å². The molecular formula is C14H18O5. The van der Waals surface area contributed by atoms with E-state index < -0.39 is 29.4 Å². The predicted octanol–water partition coefficient (Wildman–Crippen LogP) is 0.747. The van der Waals surface area contributed by atoms with E-state index in [4.69, 9.17) is 9.47 Å². The molecule has 19 heavy (non-hydrogen) atoms. The second kappa shape index (κ2) is 3.45. The zero-order valence-electron chi connectivity index (χ0n) is 11.6. The number of carbonyl (C=O) groups excluding carboxylic acids is 3. The molecular weight excluding hydrogens is 248 g/mol. The van der Waals surface area contributed by atoms with E-state index in [0.29, 0.717) is 0 Å². The summed E-state index contributed by atoms with van der Waals surface area (Å²) in [6.45, 7) is 7.92. The highest BCUT2D eigenvalue weighted by Crippen LogP contribution is 2.65. The van der Waals surface area contributed by atoms with Crippen LogP contribution in [0, 0.1) is 22.7 Å². The Bertz CT molecular complexity index is 490. The van der Waals surface area contributed by atoms with Crippen molar-refractivity contribution in [1.29, 1.82) is 0 Å². The Hall–Kier alpha value is -1.23. The molecule has 5 nitrogen and oxygen atoms in total. The molecule has 0 bridgehead atoms. The van der Waals surface area contributed by atoms with Crippen LogP contribution in [0.15, 0.2) is 0 Å². The molecule has 3 aliphatic rings. The van der Waals surface area contributed by atoms with Gasteiger partial charge in [0, 0.05) is 17.3 Å². The average molecular weight is 266 g/mol. The number of hydrogen-bond acceptors (Lipinski definition) is 5. The fraction of sp³-hybridized carbons (Fsp3) is 0.786. The van der Waals surface area contributed by atoms with E-state index in [0.717, 1.165) is 0 Å². The zero-order chi connectivity index (χ0) is 14.2. The van der Waals surface area contributed by atoms with Crippen molar-refractivity contribution in [3.63, 3.8) is 0 Å². The number of rotatable bonds is 2. The summed E-state index contributed by atoms with van der Waals surface area (Å²) in [4.78, 5) is 35.5. The van der Waals surface area contributed by atoms with Crippen LogP contribution in [-0.2, 0) is 23.9 Å². The standard InChI is InChI=1S/C14H18O5/c1-13(2)5-18-12(17)11(13)19-10-7-6(14(7,3)4)8(15)9(10)16/h6-7,10-11H,5H2,1-4H3/t6-,7+,10+,11-/m0/s1. The van der Waals surface area contributed by atoms with Gasteiger partial charge in [-0.05, 0) is 5.41 Å². The third-order valence-electron chi connectivity index (χ3n) is 4.81. The maximum atomic E-state index is 11.9. The summed E-state index contributed by atoms with van der Waals surface area (Å²) in [5.74, 6) is -1.58. The van der Waals surface area contributed by atoms with Crippen molar-refractivity contribution in [2.45, 2.75) is 39.9 Å². The third-order valence-corrected chi connectivity index (χ3v) is 4.81. The highest BCUT2D eigenvalue weighted by Gasteiger charge is 2.73. The first-order valence-corrected chi connectivity index (χ1v) is 6.58. The minimum atomic E-state index is -0.776. The Morgan fingerprint density at radius 2 is 1.74 bits per heavy atom. The quantitative estimate of drug-likeness (QED) is 0.545. The molecule has 5 heteroatoms. The fourth-order valence-corrected chi connectivity index (χ4v) is 3.46. The van der Waals surface area contributed by atoms with E-state index in [1.165, 1.54) is 0 Å². The van der Waals surface area contributed by atoms with Crippen LogP contribution in [0.3, 0.4) is 0 Å². The Balaban J connectivity index is 1.82. The van der Waals surface area contributed by atoms with Gasteiger partial charge < -0.3 is 9.47 Å². The summed E-state index contributed by atoms with van der Waals surface area (Å²) in [5.41, 5.74) is -0.653. The van der Waals surface area contributed by atoms with Crippen LogP contribution in [0.4, 0.5) is 0 Å². The molecule has 2 aliphatic carbocycles. The van der Waals surface area contributed by atoms with E-state index in [-0.39, 0.29) is 29.6 Å². The maximum Gasteiger partial charge on any atom is 0.336 e. The smallest absolute Gasteiger partial charge is 0.336 e. The Morgan fingerprint density at radius 3 is 2.21 bits per heavy atom. The summed E-state index contributed by atoms with van der Waals surface area (Å²) >= 11 is 0. The molecule has 0 spiro atoms. The van der Waals surface area contributed by atoms with Gasteiger partial charge in [0.05, 0.1) is 6.61 Å². The maximum absolute atomic E-state index is 11.9. The second-order valence-electron chi connectivity index (χ2n) is 7.09. The largest absolute Gasteiger partial charge is 0.463 e. The van der Waals surface area contributed by atoms with Gasteiger partial charge in [-0.15, -0.1) is 0 Å². The van der Waals surface area contributed by atoms with Gasteiger partial charge in [-0.2, -0.15) is 0 Å². The number of ketones is 2. The van der Waals surface area contributed by atoms with E-state index in [9.17, 15) is 14.4 Å². The molecule has 1 saturated heterocycles. The Kier molecular flexibility index (Phi) is 2.32. The SMILES string of the molecule is CC1(C)COC(=O)[C@@H]1O[C@H]1C(=O)C(=O)[C@@H]2[C@H]1C2(C)C. The molecule has 0 aromatic rings. The lowest BCUT2D eigenvalue weighted by atomic mass is 9.89. The van der Waals surface area contributed by atoms with E-state index in [1.54, 1.807) is 0 Å². The van der Waals surface area contributed by atoms with Crippen LogP contribution in [0.25, 0.3) is 0 Å². The van der Waals surface area contributed by atoms with Gasteiger partial charge in [-0.25, -0.2) is 4.79 Å².